The molecule has 1 aliphatic heterocycles. The summed E-state index contributed by atoms with van der Waals surface area (Å²) in [6.07, 6.45) is 3.92. The van der Waals surface area contributed by atoms with Crippen LogP contribution in [0.5, 0.6) is 0 Å². The Morgan fingerprint density at radius 3 is 2.93 bits per heavy atom. The molecule has 4 heteroatoms. The Bertz CT molecular complexity index is 274. The summed E-state index contributed by atoms with van der Waals surface area (Å²) in [4.78, 5) is 23.1. The Morgan fingerprint density at radius 2 is 2.20 bits per heavy atom. The van der Waals surface area contributed by atoms with Crippen LogP contribution >= 0.6 is 0 Å². The number of carbonyl (C=O) groups is 2. The average Bonchev–Trinajstić information content (AvgIpc) is 2.54. The zero-order valence-electron chi connectivity index (χ0n) is 8.90. The largest absolute Gasteiger partial charge is 0.465 e. The molecular weight excluding hydrogens is 196 g/mol. The van der Waals surface area contributed by atoms with Gasteiger partial charge in [-0.1, -0.05) is 6.42 Å². The molecule has 3 atom stereocenters. The van der Waals surface area contributed by atoms with Crippen LogP contribution in [0.1, 0.15) is 32.6 Å². The fourth-order valence-corrected chi connectivity index (χ4v) is 2.55. The predicted octanol–water partition coefficient (Wildman–Crippen LogP) is 1.28. The van der Waals surface area contributed by atoms with Crippen molar-refractivity contribution in [1.82, 2.24) is 0 Å². The molecule has 1 saturated carbocycles. The molecule has 0 unspecified atom stereocenters. The van der Waals surface area contributed by atoms with E-state index >= 15 is 0 Å². The third-order valence-corrected chi connectivity index (χ3v) is 3.24. The van der Waals surface area contributed by atoms with E-state index in [9.17, 15) is 9.59 Å². The fourth-order valence-electron chi connectivity index (χ4n) is 2.55. The van der Waals surface area contributed by atoms with Gasteiger partial charge in [-0.25, -0.2) is 0 Å². The van der Waals surface area contributed by atoms with E-state index < -0.39 is 11.9 Å². The van der Waals surface area contributed by atoms with Crippen molar-refractivity contribution in [1.29, 1.82) is 0 Å². The van der Waals surface area contributed by atoms with Crippen molar-refractivity contribution in [3.05, 3.63) is 0 Å². The van der Waals surface area contributed by atoms with Gasteiger partial charge in [0.05, 0.1) is 6.61 Å². The smallest absolute Gasteiger partial charge is 0.321 e. The van der Waals surface area contributed by atoms with E-state index in [1.807, 2.05) is 0 Å². The molecule has 1 aliphatic carbocycles. The summed E-state index contributed by atoms with van der Waals surface area (Å²) in [6.45, 7) is 2.07. The maximum Gasteiger partial charge on any atom is 0.321 e. The van der Waals surface area contributed by atoms with Crippen molar-refractivity contribution in [2.45, 2.75) is 38.7 Å². The number of ether oxygens (including phenoxy) is 2. The topological polar surface area (TPSA) is 52.6 Å². The zero-order chi connectivity index (χ0) is 10.8. The average molecular weight is 212 g/mol. The molecule has 0 aromatic rings. The summed E-state index contributed by atoms with van der Waals surface area (Å²) in [5.41, 5.74) is 0. The Hall–Kier alpha value is -1.06. The number of hydrogen-bond donors (Lipinski definition) is 0. The Morgan fingerprint density at radius 1 is 1.47 bits per heavy atom. The Balaban J connectivity index is 2.09. The minimum absolute atomic E-state index is 0.0411. The van der Waals surface area contributed by atoms with E-state index in [0.717, 1.165) is 25.7 Å². The molecule has 0 bridgehead atoms. The molecule has 0 radical (unpaired) electrons. The van der Waals surface area contributed by atoms with Crippen LogP contribution in [0.15, 0.2) is 0 Å². The second kappa shape index (κ2) is 4.21. The van der Waals surface area contributed by atoms with Crippen LogP contribution in [0.25, 0.3) is 0 Å². The summed E-state index contributed by atoms with van der Waals surface area (Å²) >= 11 is 0. The van der Waals surface area contributed by atoms with Crippen LogP contribution in [0.4, 0.5) is 0 Å². The van der Waals surface area contributed by atoms with Crippen LogP contribution in [-0.4, -0.2) is 24.6 Å². The normalized spacial score (nSPS) is 34.5. The van der Waals surface area contributed by atoms with Crippen LogP contribution in [0.2, 0.25) is 0 Å². The number of hydrogen-bond acceptors (Lipinski definition) is 4. The SMILES string of the molecule is CCOC(=O)[C@H]1C(=O)O[C@H]2CCCC[C@@H]12. The van der Waals surface area contributed by atoms with Gasteiger partial charge in [0, 0.05) is 5.92 Å². The summed E-state index contributed by atoms with van der Waals surface area (Å²) in [6, 6.07) is 0. The highest BCUT2D eigenvalue weighted by molar-refractivity contribution is 5.96. The first-order valence-corrected chi connectivity index (χ1v) is 5.61. The van der Waals surface area contributed by atoms with Gasteiger partial charge in [0.1, 0.15) is 6.10 Å². The van der Waals surface area contributed by atoms with Crippen molar-refractivity contribution in [3.8, 4) is 0 Å². The van der Waals surface area contributed by atoms with Crippen molar-refractivity contribution in [3.63, 3.8) is 0 Å². The molecule has 84 valence electrons. The third-order valence-electron chi connectivity index (χ3n) is 3.24. The van der Waals surface area contributed by atoms with Crippen LogP contribution in [0.3, 0.4) is 0 Å². The van der Waals surface area contributed by atoms with Gasteiger partial charge in [-0.2, -0.15) is 0 Å². The van der Waals surface area contributed by atoms with Gasteiger partial charge in [-0.15, -0.1) is 0 Å². The van der Waals surface area contributed by atoms with Gasteiger partial charge >= 0.3 is 11.9 Å². The lowest BCUT2D eigenvalue weighted by Crippen LogP contribution is -2.31. The molecular formula is C11H16O4. The fraction of sp³-hybridized carbons (Fsp3) is 0.818. The number of carbonyl (C=O) groups excluding carboxylic acids is 2. The maximum atomic E-state index is 11.6. The highest BCUT2D eigenvalue weighted by Gasteiger charge is 2.49. The molecule has 2 rings (SSSR count). The van der Waals surface area contributed by atoms with Gasteiger partial charge in [-0.05, 0) is 26.2 Å². The van der Waals surface area contributed by atoms with Gasteiger partial charge < -0.3 is 9.47 Å². The molecule has 2 fully saturated rings. The molecule has 1 heterocycles. The van der Waals surface area contributed by atoms with E-state index in [1.165, 1.54) is 0 Å². The molecule has 0 amide bonds. The molecule has 15 heavy (non-hydrogen) atoms. The van der Waals surface area contributed by atoms with E-state index in [1.54, 1.807) is 6.92 Å². The number of fused-ring (bicyclic) bond motifs is 1. The molecule has 1 saturated heterocycles. The number of esters is 2. The predicted molar refractivity (Wildman–Crippen MR) is 52.0 cm³/mol. The first-order chi connectivity index (χ1) is 7.24. The van der Waals surface area contributed by atoms with Crippen molar-refractivity contribution in [2.24, 2.45) is 11.8 Å². The van der Waals surface area contributed by atoms with E-state index in [-0.39, 0.29) is 18.0 Å². The van der Waals surface area contributed by atoms with Crippen LogP contribution in [0, 0.1) is 11.8 Å². The molecule has 0 N–H and O–H groups in total. The second-order valence-electron chi connectivity index (χ2n) is 4.15. The van der Waals surface area contributed by atoms with Crippen molar-refractivity contribution >= 4 is 11.9 Å². The first-order valence-electron chi connectivity index (χ1n) is 5.61. The standard InChI is InChI=1S/C11H16O4/c1-2-14-10(12)9-7-5-3-4-6-8(7)15-11(9)13/h7-9H,2-6H2,1H3/t7-,8+,9+/m1/s1. The maximum absolute atomic E-state index is 11.6. The van der Waals surface area contributed by atoms with E-state index in [4.69, 9.17) is 9.47 Å². The summed E-state index contributed by atoms with van der Waals surface area (Å²) < 4.78 is 10.1. The van der Waals surface area contributed by atoms with Crippen LogP contribution < -0.4 is 0 Å². The molecule has 2 aliphatic rings. The summed E-state index contributed by atoms with van der Waals surface area (Å²) in [5.74, 6) is -1.39. The molecule has 0 aromatic heterocycles. The quantitative estimate of drug-likeness (QED) is 0.511. The highest BCUT2D eigenvalue weighted by Crippen LogP contribution is 2.39. The molecule has 4 nitrogen and oxygen atoms in total. The van der Waals surface area contributed by atoms with Gasteiger partial charge in [0.15, 0.2) is 5.92 Å². The first kappa shape index (κ1) is 10.5. The van der Waals surface area contributed by atoms with Crippen molar-refractivity contribution in [2.75, 3.05) is 6.61 Å². The summed E-state index contributed by atoms with van der Waals surface area (Å²) in [5, 5.41) is 0. The Kier molecular flexibility index (Phi) is 2.93. The monoisotopic (exact) mass is 212 g/mol. The van der Waals surface area contributed by atoms with Gasteiger partial charge in [0.25, 0.3) is 0 Å². The minimum Gasteiger partial charge on any atom is -0.465 e. The van der Waals surface area contributed by atoms with Gasteiger partial charge in [0.2, 0.25) is 0 Å². The zero-order valence-corrected chi connectivity index (χ0v) is 8.90. The lowest BCUT2D eigenvalue weighted by molar-refractivity contribution is -0.156. The second-order valence-corrected chi connectivity index (χ2v) is 4.15. The number of rotatable bonds is 2. The summed E-state index contributed by atoms with van der Waals surface area (Å²) in [7, 11) is 0. The van der Waals surface area contributed by atoms with Crippen LogP contribution in [-0.2, 0) is 19.1 Å². The minimum atomic E-state index is -0.657. The molecule has 0 spiro atoms. The lowest BCUT2D eigenvalue weighted by Gasteiger charge is -2.24. The Labute approximate surface area is 88.9 Å². The van der Waals surface area contributed by atoms with Crippen molar-refractivity contribution < 1.29 is 19.1 Å². The highest BCUT2D eigenvalue weighted by atomic mass is 16.6. The lowest BCUT2D eigenvalue weighted by atomic mass is 9.80. The third kappa shape index (κ3) is 1.85. The van der Waals surface area contributed by atoms with E-state index in [0.29, 0.717) is 6.61 Å². The molecule has 0 aromatic carbocycles. The van der Waals surface area contributed by atoms with E-state index in [2.05, 4.69) is 0 Å². The van der Waals surface area contributed by atoms with Gasteiger partial charge in [-0.3, -0.25) is 9.59 Å².